The van der Waals surface area contributed by atoms with Crippen LogP contribution in [-0.2, 0) is 0 Å². The Kier molecular flexibility index (Phi) is 10.4. The van der Waals surface area contributed by atoms with Gasteiger partial charge in [0.25, 0.3) is 0 Å². The largest absolute Gasteiger partial charge is 0.0864 e. The zero-order chi connectivity index (χ0) is 6.95. The van der Waals surface area contributed by atoms with Gasteiger partial charge in [-0.3, -0.25) is 0 Å². The highest BCUT2D eigenvalue weighted by atomic mass is 127. The van der Waals surface area contributed by atoms with Crippen molar-refractivity contribution in [3.05, 3.63) is 10.2 Å². The van der Waals surface area contributed by atoms with Crippen molar-refractivity contribution in [2.24, 2.45) is 0 Å². The normalized spacial score (nSPS) is 10.9. The summed E-state index contributed by atoms with van der Waals surface area (Å²) in [6.45, 7) is 0. The van der Waals surface area contributed by atoms with Crippen molar-refractivity contribution in [1.82, 2.24) is 0 Å². The standard InChI is InChI=1S/C7H12I2/c8-6-4-2-1-3-5-7-9/h4,6H,1-3,5,7H2/b6-4+. The van der Waals surface area contributed by atoms with E-state index in [4.69, 9.17) is 0 Å². The Morgan fingerprint density at radius 1 is 1.11 bits per heavy atom. The van der Waals surface area contributed by atoms with Crippen LogP contribution in [0.15, 0.2) is 10.2 Å². The molecule has 9 heavy (non-hydrogen) atoms. The molecule has 0 fully saturated rings. The molecule has 0 saturated heterocycles. The summed E-state index contributed by atoms with van der Waals surface area (Å²) < 4.78 is 3.41. The lowest BCUT2D eigenvalue weighted by Gasteiger charge is -1.91. The Labute approximate surface area is 84.8 Å². The molecule has 0 aromatic rings. The average Bonchev–Trinajstić information content (AvgIpc) is 1.89. The highest BCUT2D eigenvalue weighted by Gasteiger charge is 1.83. The van der Waals surface area contributed by atoms with E-state index >= 15 is 0 Å². The van der Waals surface area contributed by atoms with Crippen LogP contribution in [0.25, 0.3) is 0 Å². The molecule has 0 N–H and O–H groups in total. The van der Waals surface area contributed by atoms with Crippen molar-refractivity contribution in [1.29, 1.82) is 0 Å². The predicted molar refractivity (Wildman–Crippen MR) is 60.5 cm³/mol. The number of halogens is 2. The summed E-state index contributed by atoms with van der Waals surface area (Å²) in [7, 11) is 0. The molecule has 0 aliphatic rings. The van der Waals surface area contributed by atoms with Crippen LogP contribution >= 0.6 is 45.2 Å². The van der Waals surface area contributed by atoms with E-state index in [9.17, 15) is 0 Å². The first-order chi connectivity index (χ1) is 4.41. The molecule has 0 aromatic heterocycles. The first kappa shape index (κ1) is 10.2. The maximum absolute atomic E-state index is 2.43. The molecule has 0 saturated carbocycles. The van der Waals surface area contributed by atoms with Gasteiger partial charge in [-0.05, 0) is 27.8 Å². The number of hydrogen-bond donors (Lipinski definition) is 0. The van der Waals surface area contributed by atoms with Crippen molar-refractivity contribution in [2.45, 2.75) is 25.7 Å². The van der Waals surface area contributed by atoms with Crippen molar-refractivity contribution >= 4 is 45.2 Å². The van der Waals surface area contributed by atoms with E-state index in [2.05, 4.69) is 55.3 Å². The third kappa shape index (κ3) is 9.20. The van der Waals surface area contributed by atoms with Crippen LogP contribution in [0.2, 0.25) is 0 Å². The number of alkyl halides is 1. The third-order valence-electron chi connectivity index (χ3n) is 1.09. The van der Waals surface area contributed by atoms with E-state index in [0.29, 0.717) is 0 Å². The summed E-state index contributed by atoms with van der Waals surface area (Å²) >= 11 is 4.70. The van der Waals surface area contributed by atoms with Gasteiger partial charge in [0.05, 0.1) is 0 Å². The van der Waals surface area contributed by atoms with Crippen molar-refractivity contribution < 1.29 is 0 Å². The van der Waals surface area contributed by atoms with Gasteiger partial charge in [0.1, 0.15) is 0 Å². The van der Waals surface area contributed by atoms with Crippen LogP contribution in [0.1, 0.15) is 25.7 Å². The van der Waals surface area contributed by atoms with Gasteiger partial charge in [0.2, 0.25) is 0 Å². The number of rotatable bonds is 5. The van der Waals surface area contributed by atoms with E-state index in [1.165, 1.54) is 30.1 Å². The summed E-state index contributed by atoms with van der Waals surface area (Å²) in [6, 6.07) is 0. The van der Waals surface area contributed by atoms with E-state index in [0.717, 1.165) is 0 Å². The van der Waals surface area contributed by atoms with E-state index in [1.54, 1.807) is 0 Å². The Hall–Kier alpha value is 1.20. The summed E-state index contributed by atoms with van der Waals surface area (Å²) in [5, 5.41) is 0. The fourth-order valence-corrected chi connectivity index (χ4v) is 1.50. The molecule has 0 radical (unpaired) electrons. The summed E-state index contributed by atoms with van der Waals surface area (Å²) in [6.07, 6.45) is 7.63. The molecule has 0 unspecified atom stereocenters. The molecule has 0 spiro atoms. The first-order valence-corrected chi connectivity index (χ1v) is 6.00. The number of hydrogen-bond acceptors (Lipinski definition) is 0. The summed E-state index contributed by atoms with van der Waals surface area (Å²) in [5.74, 6) is 0. The van der Waals surface area contributed by atoms with Crippen LogP contribution in [0, 0.1) is 0 Å². The Morgan fingerprint density at radius 3 is 2.44 bits per heavy atom. The zero-order valence-corrected chi connectivity index (χ0v) is 9.76. The maximum Gasteiger partial charge on any atom is -0.000473 e. The molecule has 54 valence electrons. The third-order valence-corrected chi connectivity index (χ3v) is 2.36. The van der Waals surface area contributed by atoms with Crippen LogP contribution in [0.4, 0.5) is 0 Å². The fourth-order valence-electron chi connectivity index (χ4n) is 0.596. The van der Waals surface area contributed by atoms with Gasteiger partial charge < -0.3 is 0 Å². The zero-order valence-electron chi connectivity index (χ0n) is 5.45. The molecule has 2 heteroatoms. The Balaban J connectivity index is 2.75. The summed E-state index contributed by atoms with van der Waals surface area (Å²) in [4.78, 5) is 0. The van der Waals surface area contributed by atoms with Crippen LogP contribution in [0.5, 0.6) is 0 Å². The highest BCUT2D eigenvalue weighted by molar-refractivity contribution is 14.1. The van der Waals surface area contributed by atoms with Gasteiger partial charge in [-0.15, -0.1) is 0 Å². The first-order valence-electron chi connectivity index (χ1n) is 3.23. The van der Waals surface area contributed by atoms with Crippen LogP contribution in [0.3, 0.4) is 0 Å². The van der Waals surface area contributed by atoms with E-state index in [-0.39, 0.29) is 0 Å². The Morgan fingerprint density at radius 2 is 1.89 bits per heavy atom. The second kappa shape index (κ2) is 9.20. The lowest BCUT2D eigenvalue weighted by molar-refractivity contribution is 0.740. The molecule has 0 atom stereocenters. The van der Waals surface area contributed by atoms with Gasteiger partial charge in [-0.1, -0.05) is 57.7 Å². The lowest BCUT2D eigenvalue weighted by atomic mass is 10.2. The second-order valence-corrected chi connectivity index (χ2v) is 3.70. The Bertz CT molecular complexity index is 69.3. The highest BCUT2D eigenvalue weighted by Crippen LogP contribution is 2.03. The fraction of sp³-hybridized carbons (Fsp3) is 0.714. The minimum absolute atomic E-state index is 1.26. The van der Waals surface area contributed by atoms with Gasteiger partial charge in [-0.25, -0.2) is 0 Å². The molecule has 0 aliphatic carbocycles. The molecule has 0 heterocycles. The van der Waals surface area contributed by atoms with Crippen molar-refractivity contribution in [3.63, 3.8) is 0 Å². The smallest absolute Gasteiger partial charge is 0.000473 e. The van der Waals surface area contributed by atoms with Gasteiger partial charge in [0.15, 0.2) is 0 Å². The second-order valence-electron chi connectivity index (χ2n) is 1.90. The molecule has 0 nitrogen and oxygen atoms in total. The molecule has 0 rings (SSSR count). The monoisotopic (exact) mass is 350 g/mol. The van der Waals surface area contributed by atoms with Gasteiger partial charge >= 0.3 is 0 Å². The SMILES string of the molecule is I/C=C/CCCCCI. The molecule has 0 amide bonds. The molecular formula is C7H12I2. The maximum atomic E-state index is 2.43. The van der Waals surface area contributed by atoms with Crippen LogP contribution in [-0.4, -0.2) is 4.43 Å². The lowest BCUT2D eigenvalue weighted by Crippen LogP contribution is -1.74. The van der Waals surface area contributed by atoms with Crippen molar-refractivity contribution in [2.75, 3.05) is 4.43 Å². The quantitative estimate of drug-likeness (QED) is 0.401. The van der Waals surface area contributed by atoms with Crippen molar-refractivity contribution in [3.8, 4) is 0 Å². The summed E-state index contributed by atoms with van der Waals surface area (Å²) in [5.41, 5.74) is 0. The number of unbranched alkanes of at least 4 members (excludes halogenated alkanes) is 3. The van der Waals surface area contributed by atoms with E-state index < -0.39 is 0 Å². The minimum atomic E-state index is 1.26. The molecule has 0 aliphatic heterocycles. The topological polar surface area (TPSA) is 0 Å². The van der Waals surface area contributed by atoms with Gasteiger partial charge in [-0.2, -0.15) is 0 Å². The minimum Gasteiger partial charge on any atom is -0.0864 e. The molecule has 0 bridgehead atoms. The predicted octanol–water partition coefficient (Wildman–Crippen LogP) is 3.93. The van der Waals surface area contributed by atoms with E-state index in [1.807, 2.05) is 0 Å². The van der Waals surface area contributed by atoms with Gasteiger partial charge in [0, 0.05) is 0 Å². The molecular weight excluding hydrogens is 338 g/mol. The average molecular weight is 350 g/mol. The van der Waals surface area contributed by atoms with Crippen LogP contribution < -0.4 is 0 Å². The number of allylic oxidation sites excluding steroid dienone is 1. The molecule has 0 aromatic carbocycles.